The van der Waals surface area contributed by atoms with Gasteiger partial charge < -0.3 is 4.74 Å². The molecule has 26 heavy (non-hydrogen) atoms. The first-order valence-corrected chi connectivity index (χ1v) is 10.2. The third-order valence-corrected chi connectivity index (χ3v) is 5.78. The first-order chi connectivity index (χ1) is 12.0. The van der Waals surface area contributed by atoms with Gasteiger partial charge in [-0.1, -0.05) is 56.0 Å². The summed E-state index contributed by atoms with van der Waals surface area (Å²) in [5.74, 6) is 0.879. The molecule has 2 rings (SSSR count). The first-order valence-electron chi connectivity index (χ1n) is 8.83. The van der Waals surface area contributed by atoms with Crippen molar-refractivity contribution in [2.75, 3.05) is 6.61 Å². The second-order valence-corrected chi connectivity index (χ2v) is 7.92. The molecule has 0 aliphatic carbocycles. The van der Waals surface area contributed by atoms with E-state index in [1.807, 2.05) is 44.2 Å². The predicted molar refractivity (Wildman–Crippen MR) is 115 cm³/mol. The van der Waals surface area contributed by atoms with E-state index >= 15 is 0 Å². The summed E-state index contributed by atoms with van der Waals surface area (Å²) >= 11 is 6.21. The van der Waals surface area contributed by atoms with Crippen molar-refractivity contribution in [1.82, 2.24) is 0 Å². The van der Waals surface area contributed by atoms with Crippen molar-refractivity contribution in [3.8, 4) is 5.75 Å². The van der Waals surface area contributed by atoms with Gasteiger partial charge in [0.1, 0.15) is 5.75 Å². The Balaban J connectivity index is 0.00000338. The minimum absolute atomic E-state index is 0. The third kappa shape index (κ3) is 6.75. The maximum absolute atomic E-state index is 12.7. The van der Waals surface area contributed by atoms with Crippen LogP contribution in [0.5, 0.6) is 5.75 Å². The molecule has 2 aromatic rings. The largest absolute Gasteiger partial charge is 0.494 e. The third-order valence-electron chi connectivity index (χ3n) is 4.16. The Morgan fingerprint density at radius 3 is 2.50 bits per heavy atom. The van der Waals surface area contributed by atoms with Gasteiger partial charge in [0.05, 0.1) is 11.6 Å². The Morgan fingerprint density at radius 1 is 1.08 bits per heavy atom. The van der Waals surface area contributed by atoms with Crippen molar-refractivity contribution in [2.45, 2.75) is 46.5 Å². The molecular formula is C21H26ClLiO2P. The van der Waals surface area contributed by atoms with Gasteiger partial charge in [0.2, 0.25) is 0 Å². The molecule has 5 heteroatoms. The fourth-order valence-corrected chi connectivity index (χ4v) is 4.21. The first kappa shape index (κ1) is 23.3. The smallest absolute Gasteiger partial charge is 0.187 e. The van der Waals surface area contributed by atoms with Crippen LogP contribution in [0.2, 0.25) is 5.02 Å². The van der Waals surface area contributed by atoms with E-state index in [1.165, 1.54) is 19.3 Å². The van der Waals surface area contributed by atoms with Crippen LogP contribution in [0.4, 0.5) is 0 Å². The van der Waals surface area contributed by atoms with Crippen LogP contribution in [-0.4, -0.2) is 31.0 Å². The Kier molecular flexibility index (Phi) is 10.6. The SMILES string of the molecule is CCCCCCOc1ccc(PC(=O)c2c(C)cccc2Cl)c(C)c1.[Li]. The van der Waals surface area contributed by atoms with E-state index in [4.69, 9.17) is 16.3 Å². The number of carbonyl (C=O) groups excluding carboxylic acids is 1. The quantitative estimate of drug-likeness (QED) is 0.316. The zero-order valence-corrected chi connectivity index (χ0v) is 18.0. The van der Waals surface area contributed by atoms with Crippen LogP contribution in [0.3, 0.4) is 0 Å². The molecule has 0 aliphatic rings. The molecule has 1 radical (unpaired) electrons. The summed E-state index contributed by atoms with van der Waals surface area (Å²) in [4.78, 5) is 12.7. The molecule has 1 atom stereocenters. The molecule has 1 unspecified atom stereocenters. The van der Waals surface area contributed by atoms with Crippen LogP contribution >= 0.6 is 20.2 Å². The fraction of sp³-hybridized carbons (Fsp3) is 0.381. The number of ether oxygens (including phenoxy) is 1. The standard InChI is InChI=1S/C21H26ClO2P.Li/c1-4-5-6-7-13-24-17-11-12-19(16(3)14-17)25-21(23)20-15(2)9-8-10-18(20)22;/h8-12,14,25H,4-7,13H2,1-3H3;. The molecule has 0 heterocycles. The molecule has 0 bridgehead atoms. The Morgan fingerprint density at radius 2 is 1.85 bits per heavy atom. The van der Waals surface area contributed by atoms with E-state index in [-0.39, 0.29) is 33.0 Å². The molecule has 0 fully saturated rings. The number of halogens is 1. The molecule has 0 spiro atoms. The normalized spacial score (nSPS) is 10.8. The van der Waals surface area contributed by atoms with E-state index < -0.39 is 0 Å². The van der Waals surface area contributed by atoms with E-state index in [9.17, 15) is 4.79 Å². The summed E-state index contributed by atoms with van der Waals surface area (Å²) < 4.78 is 5.81. The van der Waals surface area contributed by atoms with Gasteiger partial charge in [-0.05, 0) is 63.5 Å². The average Bonchev–Trinajstić information content (AvgIpc) is 2.57. The summed E-state index contributed by atoms with van der Waals surface area (Å²) in [6.45, 7) is 6.90. The molecule has 2 aromatic carbocycles. The van der Waals surface area contributed by atoms with Gasteiger partial charge in [0.15, 0.2) is 5.52 Å². The van der Waals surface area contributed by atoms with Crippen molar-refractivity contribution in [2.24, 2.45) is 0 Å². The molecule has 0 N–H and O–H groups in total. The van der Waals surface area contributed by atoms with Crippen molar-refractivity contribution in [3.63, 3.8) is 0 Å². The molecule has 0 saturated carbocycles. The van der Waals surface area contributed by atoms with Crippen LogP contribution in [0.25, 0.3) is 0 Å². The van der Waals surface area contributed by atoms with Gasteiger partial charge in [-0.15, -0.1) is 0 Å². The van der Waals surface area contributed by atoms with Gasteiger partial charge in [0, 0.05) is 24.4 Å². The molecule has 135 valence electrons. The van der Waals surface area contributed by atoms with Crippen molar-refractivity contribution in [1.29, 1.82) is 0 Å². The van der Waals surface area contributed by atoms with E-state index in [0.29, 0.717) is 10.6 Å². The van der Waals surface area contributed by atoms with Crippen molar-refractivity contribution < 1.29 is 9.53 Å². The molecule has 0 amide bonds. The van der Waals surface area contributed by atoms with E-state index in [0.717, 1.165) is 35.2 Å². The van der Waals surface area contributed by atoms with E-state index in [2.05, 4.69) is 6.92 Å². The molecule has 0 aliphatic heterocycles. The Bertz CT molecular complexity index is 714. The summed E-state index contributed by atoms with van der Waals surface area (Å²) in [5.41, 5.74) is 2.73. The number of benzene rings is 2. The van der Waals surface area contributed by atoms with Gasteiger partial charge in [-0.2, -0.15) is 0 Å². The molecule has 2 nitrogen and oxygen atoms in total. The Labute approximate surface area is 176 Å². The minimum Gasteiger partial charge on any atom is -0.494 e. The summed E-state index contributed by atoms with van der Waals surface area (Å²) in [7, 11) is 0.0670. The molecule has 0 saturated heterocycles. The molecular weight excluding hydrogens is 358 g/mol. The monoisotopic (exact) mass is 383 g/mol. The number of rotatable bonds is 9. The maximum atomic E-state index is 12.7. The van der Waals surface area contributed by atoms with Crippen LogP contribution in [-0.2, 0) is 0 Å². The summed E-state index contributed by atoms with van der Waals surface area (Å²) in [6.07, 6.45) is 4.78. The van der Waals surface area contributed by atoms with Gasteiger partial charge in [-0.25, -0.2) is 0 Å². The number of aryl methyl sites for hydroxylation is 2. The maximum Gasteiger partial charge on any atom is 0.187 e. The Hall–Kier alpha value is -0.773. The van der Waals surface area contributed by atoms with Crippen LogP contribution in [0.1, 0.15) is 54.1 Å². The topological polar surface area (TPSA) is 26.3 Å². The van der Waals surface area contributed by atoms with Crippen LogP contribution in [0, 0.1) is 13.8 Å². The van der Waals surface area contributed by atoms with Crippen LogP contribution < -0.4 is 10.0 Å². The van der Waals surface area contributed by atoms with Crippen molar-refractivity contribution in [3.05, 3.63) is 58.1 Å². The second-order valence-electron chi connectivity index (χ2n) is 6.27. The van der Waals surface area contributed by atoms with Gasteiger partial charge in [0.25, 0.3) is 0 Å². The number of hydrogen-bond acceptors (Lipinski definition) is 2. The number of hydrogen-bond donors (Lipinski definition) is 0. The average molecular weight is 384 g/mol. The summed E-state index contributed by atoms with van der Waals surface area (Å²) in [6, 6.07) is 11.5. The second kappa shape index (κ2) is 11.8. The summed E-state index contributed by atoms with van der Waals surface area (Å²) in [5, 5.41) is 1.57. The van der Waals surface area contributed by atoms with E-state index in [1.54, 1.807) is 6.07 Å². The molecule has 0 aromatic heterocycles. The number of carbonyl (C=O) groups is 1. The van der Waals surface area contributed by atoms with Gasteiger partial charge >= 0.3 is 0 Å². The minimum atomic E-state index is 0. The van der Waals surface area contributed by atoms with Gasteiger partial charge in [-0.3, -0.25) is 4.79 Å². The zero-order valence-electron chi connectivity index (χ0n) is 16.2. The fourth-order valence-electron chi connectivity index (χ4n) is 2.69. The predicted octanol–water partition coefficient (Wildman–Crippen LogP) is 5.68. The van der Waals surface area contributed by atoms with Crippen LogP contribution in [0.15, 0.2) is 36.4 Å². The zero-order chi connectivity index (χ0) is 18.2. The number of unbranched alkanes of at least 4 members (excludes halogenated alkanes) is 3. The van der Waals surface area contributed by atoms with Crippen molar-refractivity contribution >= 4 is 49.9 Å².